The molecule has 9 heteroatoms. The molecule has 0 saturated carbocycles. The van der Waals surface area contributed by atoms with Crippen molar-refractivity contribution in [3.63, 3.8) is 0 Å². The van der Waals surface area contributed by atoms with Crippen LogP contribution >= 0.6 is 27.3 Å². The average Bonchev–Trinajstić information content (AvgIpc) is 3.03. The molecule has 2 heterocycles. The highest BCUT2D eigenvalue weighted by Gasteiger charge is 2.29. The fraction of sp³-hybridized carbons (Fsp3) is 0.400. The third kappa shape index (κ3) is 5.22. The number of ether oxygens (including phenoxy) is 2. The third-order valence-electron chi connectivity index (χ3n) is 4.52. The molecule has 0 aromatic carbocycles. The fourth-order valence-corrected chi connectivity index (χ4v) is 4.94. The molecule has 2 aromatic rings. The molecule has 1 N–H and O–H groups in total. The molecule has 154 valence electrons. The second kappa shape index (κ2) is 9.49. The minimum absolute atomic E-state index is 0.236. The van der Waals surface area contributed by atoms with Crippen LogP contribution in [0.5, 0.6) is 0 Å². The Morgan fingerprint density at radius 3 is 2.79 bits per heavy atom. The van der Waals surface area contributed by atoms with Gasteiger partial charge in [-0.2, -0.15) is 0 Å². The summed E-state index contributed by atoms with van der Waals surface area (Å²) < 4.78 is 10.9. The zero-order chi connectivity index (χ0) is 21.0. The zero-order valence-corrected chi connectivity index (χ0v) is 18.5. The standard InChI is InChI=1S/C20H21BrN2O5S/c1-3-27-20(26)17-14-5-4-11(2)6-15(14)29-18(17)23-16(24)10-28-19(25)12-7-13(21)9-22-8-12/h7-9,11H,3-6,10H2,1-2H3,(H,23,24). The average molecular weight is 481 g/mol. The van der Waals surface area contributed by atoms with Crippen molar-refractivity contribution in [3.8, 4) is 0 Å². The lowest BCUT2D eigenvalue weighted by molar-refractivity contribution is -0.119. The zero-order valence-electron chi connectivity index (χ0n) is 16.1. The SMILES string of the molecule is CCOC(=O)c1c(NC(=O)COC(=O)c2cncc(Br)c2)sc2c1CCC(C)C2. The Morgan fingerprint density at radius 2 is 2.07 bits per heavy atom. The Balaban J connectivity index is 1.71. The summed E-state index contributed by atoms with van der Waals surface area (Å²) in [6.45, 7) is 3.70. The molecular weight excluding hydrogens is 460 g/mol. The first-order valence-corrected chi connectivity index (χ1v) is 10.9. The first-order valence-electron chi connectivity index (χ1n) is 9.28. The van der Waals surface area contributed by atoms with Crippen molar-refractivity contribution in [1.82, 2.24) is 4.98 Å². The Bertz CT molecular complexity index is 943. The normalized spacial score (nSPS) is 15.3. The van der Waals surface area contributed by atoms with Gasteiger partial charge in [-0.15, -0.1) is 11.3 Å². The number of rotatable bonds is 6. The van der Waals surface area contributed by atoms with Gasteiger partial charge in [-0.3, -0.25) is 9.78 Å². The van der Waals surface area contributed by atoms with Gasteiger partial charge < -0.3 is 14.8 Å². The molecule has 0 spiro atoms. The summed E-state index contributed by atoms with van der Waals surface area (Å²) in [5.74, 6) is -1.08. The summed E-state index contributed by atoms with van der Waals surface area (Å²) in [6.07, 6.45) is 5.54. The van der Waals surface area contributed by atoms with Gasteiger partial charge in [0, 0.05) is 21.7 Å². The molecule has 1 aliphatic rings. The van der Waals surface area contributed by atoms with Crippen LogP contribution in [-0.4, -0.2) is 36.0 Å². The molecule has 2 aromatic heterocycles. The van der Waals surface area contributed by atoms with Crippen LogP contribution in [0.2, 0.25) is 0 Å². The highest BCUT2D eigenvalue weighted by Crippen LogP contribution is 2.40. The van der Waals surface area contributed by atoms with Gasteiger partial charge in [0.15, 0.2) is 6.61 Å². The molecule has 1 amide bonds. The second-order valence-corrected chi connectivity index (χ2v) is 8.81. The number of nitrogens with one attached hydrogen (secondary N) is 1. The molecule has 0 saturated heterocycles. The van der Waals surface area contributed by atoms with Gasteiger partial charge in [-0.25, -0.2) is 9.59 Å². The Kier molecular flexibility index (Phi) is 7.02. The molecule has 0 aliphatic heterocycles. The number of carbonyl (C=O) groups excluding carboxylic acids is 3. The monoisotopic (exact) mass is 480 g/mol. The highest BCUT2D eigenvalue weighted by molar-refractivity contribution is 9.10. The van der Waals surface area contributed by atoms with Crippen molar-refractivity contribution in [3.05, 3.63) is 44.5 Å². The van der Waals surface area contributed by atoms with Gasteiger partial charge in [0.2, 0.25) is 0 Å². The Hall–Kier alpha value is -2.26. The predicted molar refractivity (Wildman–Crippen MR) is 112 cm³/mol. The van der Waals surface area contributed by atoms with Crippen molar-refractivity contribution in [2.75, 3.05) is 18.5 Å². The summed E-state index contributed by atoms with van der Waals surface area (Å²) in [7, 11) is 0. The minimum Gasteiger partial charge on any atom is -0.462 e. The molecule has 0 radical (unpaired) electrons. The Labute approximate surface area is 180 Å². The minimum atomic E-state index is -0.654. The van der Waals surface area contributed by atoms with Crippen LogP contribution in [0.15, 0.2) is 22.9 Å². The van der Waals surface area contributed by atoms with Crippen LogP contribution < -0.4 is 5.32 Å². The highest BCUT2D eigenvalue weighted by atomic mass is 79.9. The van der Waals surface area contributed by atoms with Crippen LogP contribution in [-0.2, 0) is 27.1 Å². The summed E-state index contributed by atoms with van der Waals surface area (Å²) in [5, 5.41) is 3.17. The van der Waals surface area contributed by atoms with E-state index in [1.807, 2.05) is 0 Å². The topological polar surface area (TPSA) is 94.6 Å². The first-order chi connectivity index (χ1) is 13.9. The third-order valence-corrected chi connectivity index (χ3v) is 6.12. The van der Waals surface area contributed by atoms with Gasteiger partial charge in [-0.1, -0.05) is 6.92 Å². The predicted octanol–water partition coefficient (Wildman–Crippen LogP) is 4.00. The number of nitrogens with zero attached hydrogens (tertiary/aromatic N) is 1. The number of pyridine rings is 1. The van der Waals surface area contributed by atoms with Crippen molar-refractivity contribution in [2.24, 2.45) is 5.92 Å². The van der Waals surface area contributed by atoms with Crippen molar-refractivity contribution in [2.45, 2.75) is 33.1 Å². The van der Waals surface area contributed by atoms with Gasteiger partial charge in [0.1, 0.15) is 5.00 Å². The van der Waals surface area contributed by atoms with E-state index in [1.165, 1.54) is 17.5 Å². The number of halogens is 1. The number of carbonyl (C=O) groups is 3. The number of hydrogen-bond acceptors (Lipinski definition) is 7. The smallest absolute Gasteiger partial charge is 0.341 e. The first kappa shape index (κ1) is 21.4. The maximum atomic E-state index is 12.5. The van der Waals surface area contributed by atoms with Crippen molar-refractivity contribution in [1.29, 1.82) is 0 Å². The number of fused-ring (bicyclic) bond motifs is 1. The maximum absolute atomic E-state index is 12.5. The number of amides is 1. The van der Waals surface area contributed by atoms with E-state index in [0.29, 0.717) is 21.0 Å². The lowest BCUT2D eigenvalue weighted by Crippen LogP contribution is -2.22. The van der Waals surface area contributed by atoms with Gasteiger partial charge in [0.25, 0.3) is 5.91 Å². The largest absolute Gasteiger partial charge is 0.462 e. The van der Waals surface area contributed by atoms with Crippen LogP contribution in [0.1, 0.15) is 51.4 Å². The summed E-state index contributed by atoms with van der Waals surface area (Å²) in [6, 6.07) is 1.56. The molecule has 1 unspecified atom stereocenters. The lowest BCUT2D eigenvalue weighted by Gasteiger charge is -2.18. The van der Waals surface area contributed by atoms with E-state index in [0.717, 1.165) is 29.7 Å². The van der Waals surface area contributed by atoms with E-state index in [4.69, 9.17) is 9.47 Å². The molecular formula is C20H21BrN2O5S. The number of anilines is 1. The van der Waals surface area contributed by atoms with Crippen molar-refractivity contribution >= 4 is 50.1 Å². The second-order valence-electron chi connectivity index (χ2n) is 6.79. The summed E-state index contributed by atoms with van der Waals surface area (Å²) in [5.41, 5.74) is 1.62. The lowest BCUT2D eigenvalue weighted by atomic mass is 9.88. The molecule has 1 atom stereocenters. The number of thiophene rings is 1. The molecule has 3 rings (SSSR count). The fourth-order valence-electron chi connectivity index (χ4n) is 3.16. The molecule has 7 nitrogen and oxygen atoms in total. The summed E-state index contributed by atoms with van der Waals surface area (Å²) in [4.78, 5) is 41.9. The quantitative estimate of drug-likeness (QED) is 0.627. The molecule has 1 aliphatic carbocycles. The van der Waals surface area contributed by atoms with Gasteiger partial charge >= 0.3 is 11.9 Å². The van der Waals surface area contributed by atoms with E-state index >= 15 is 0 Å². The molecule has 29 heavy (non-hydrogen) atoms. The van der Waals surface area contributed by atoms with Crippen molar-refractivity contribution < 1.29 is 23.9 Å². The maximum Gasteiger partial charge on any atom is 0.341 e. The molecule has 0 fully saturated rings. The van der Waals surface area contributed by atoms with E-state index in [2.05, 4.69) is 33.2 Å². The van der Waals surface area contributed by atoms with Crippen LogP contribution in [0.4, 0.5) is 5.00 Å². The van der Waals surface area contributed by atoms with Crippen LogP contribution in [0.3, 0.4) is 0 Å². The van der Waals surface area contributed by atoms with Crippen LogP contribution in [0.25, 0.3) is 0 Å². The van der Waals surface area contributed by atoms with E-state index in [1.54, 1.807) is 19.2 Å². The number of aromatic nitrogens is 1. The van der Waals surface area contributed by atoms with E-state index in [-0.39, 0.29) is 12.2 Å². The Morgan fingerprint density at radius 1 is 1.28 bits per heavy atom. The van der Waals surface area contributed by atoms with Crippen LogP contribution in [0, 0.1) is 5.92 Å². The van der Waals surface area contributed by atoms with E-state index < -0.39 is 24.5 Å². The number of esters is 2. The number of hydrogen-bond donors (Lipinski definition) is 1. The van der Waals surface area contributed by atoms with E-state index in [9.17, 15) is 14.4 Å². The van der Waals surface area contributed by atoms with Gasteiger partial charge in [-0.05, 0) is 59.7 Å². The molecule has 0 bridgehead atoms. The van der Waals surface area contributed by atoms with Gasteiger partial charge in [0.05, 0.1) is 17.7 Å². The summed E-state index contributed by atoms with van der Waals surface area (Å²) >= 11 is 4.62.